The van der Waals surface area contributed by atoms with Crippen molar-refractivity contribution in [3.05, 3.63) is 42.0 Å². The van der Waals surface area contributed by atoms with E-state index in [-0.39, 0.29) is 5.78 Å². The summed E-state index contributed by atoms with van der Waals surface area (Å²) >= 11 is 0. The molecule has 2 nitrogen and oxygen atoms in total. The number of carbonyl (C=O) groups is 1. The molecule has 0 saturated heterocycles. The fourth-order valence-electron chi connectivity index (χ4n) is 1.17. The molecule has 0 atom stereocenters. The van der Waals surface area contributed by atoms with E-state index in [9.17, 15) is 4.79 Å². The van der Waals surface area contributed by atoms with E-state index in [1.165, 1.54) is 0 Å². The minimum Gasteiger partial charge on any atom is -0.399 e. The SMILES string of the molecule is C=C(CC)CC(=O)c1cccc(N)c1. The van der Waals surface area contributed by atoms with E-state index in [2.05, 4.69) is 6.58 Å². The maximum Gasteiger partial charge on any atom is 0.166 e. The fraction of sp³-hybridized carbons (Fsp3) is 0.250. The summed E-state index contributed by atoms with van der Waals surface area (Å²) in [5.74, 6) is 0.0872. The zero-order chi connectivity index (χ0) is 10.6. The van der Waals surface area contributed by atoms with E-state index in [1.54, 1.807) is 24.3 Å². The Kier molecular flexibility index (Phi) is 3.46. The Balaban J connectivity index is 2.75. The van der Waals surface area contributed by atoms with Gasteiger partial charge in [-0.05, 0) is 18.6 Å². The van der Waals surface area contributed by atoms with Crippen molar-refractivity contribution in [2.45, 2.75) is 19.8 Å². The van der Waals surface area contributed by atoms with Gasteiger partial charge in [-0.1, -0.05) is 31.2 Å². The minimum atomic E-state index is 0.0872. The maximum atomic E-state index is 11.6. The highest BCUT2D eigenvalue weighted by Gasteiger charge is 2.06. The molecule has 2 heteroatoms. The topological polar surface area (TPSA) is 43.1 Å². The Morgan fingerprint density at radius 3 is 2.79 bits per heavy atom. The number of hydrogen-bond donors (Lipinski definition) is 1. The third kappa shape index (κ3) is 2.73. The van der Waals surface area contributed by atoms with E-state index < -0.39 is 0 Å². The first-order chi connectivity index (χ1) is 6.63. The molecule has 0 aliphatic rings. The van der Waals surface area contributed by atoms with Gasteiger partial charge < -0.3 is 5.73 Å². The van der Waals surface area contributed by atoms with Gasteiger partial charge >= 0.3 is 0 Å². The molecule has 74 valence electrons. The number of rotatable bonds is 4. The summed E-state index contributed by atoms with van der Waals surface area (Å²) in [5.41, 5.74) is 7.83. The van der Waals surface area contributed by atoms with Gasteiger partial charge in [0, 0.05) is 17.7 Å². The Bertz CT molecular complexity index is 355. The zero-order valence-corrected chi connectivity index (χ0v) is 8.42. The number of ketones is 1. The van der Waals surface area contributed by atoms with Gasteiger partial charge in [0.25, 0.3) is 0 Å². The summed E-state index contributed by atoms with van der Waals surface area (Å²) < 4.78 is 0. The molecule has 2 N–H and O–H groups in total. The molecule has 14 heavy (non-hydrogen) atoms. The standard InChI is InChI=1S/C12H15NO/c1-3-9(2)7-12(14)10-5-4-6-11(13)8-10/h4-6,8H,2-3,7,13H2,1H3. The van der Waals surface area contributed by atoms with Crippen molar-refractivity contribution in [3.63, 3.8) is 0 Å². The van der Waals surface area contributed by atoms with Gasteiger partial charge in [0.1, 0.15) is 0 Å². The lowest BCUT2D eigenvalue weighted by Crippen LogP contribution is -2.00. The number of carbonyl (C=O) groups excluding carboxylic acids is 1. The lowest BCUT2D eigenvalue weighted by molar-refractivity contribution is 0.0992. The molecule has 1 rings (SSSR count). The number of allylic oxidation sites excluding steroid dienone is 1. The van der Waals surface area contributed by atoms with Crippen LogP contribution in [0, 0.1) is 0 Å². The molecule has 1 aromatic carbocycles. The third-order valence-corrected chi connectivity index (χ3v) is 2.12. The Hall–Kier alpha value is -1.57. The fourth-order valence-corrected chi connectivity index (χ4v) is 1.17. The molecule has 0 bridgehead atoms. The van der Waals surface area contributed by atoms with Crippen molar-refractivity contribution in [1.82, 2.24) is 0 Å². The van der Waals surface area contributed by atoms with E-state index in [4.69, 9.17) is 5.73 Å². The normalized spacial score (nSPS) is 9.79. The summed E-state index contributed by atoms with van der Waals surface area (Å²) in [6.07, 6.45) is 1.26. The van der Waals surface area contributed by atoms with Gasteiger partial charge in [0.2, 0.25) is 0 Å². The summed E-state index contributed by atoms with van der Waals surface area (Å²) in [4.78, 5) is 11.6. The summed E-state index contributed by atoms with van der Waals surface area (Å²) in [6, 6.07) is 7.04. The molecule has 0 unspecified atom stereocenters. The number of hydrogen-bond acceptors (Lipinski definition) is 2. The first-order valence-electron chi connectivity index (χ1n) is 4.69. The summed E-state index contributed by atoms with van der Waals surface area (Å²) in [7, 11) is 0. The van der Waals surface area contributed by atoms with Gasteiger partial charge in [-0.2, -0.15) is 0 Å². The number of nitrogens with two attached hydrogens (primary N) is 1. The molecule has 0 amide bonds. The van der Waals surface area contributed by atoms with Crippen molar-refractivity contribution in [2.24, 2.45) is 0 Å². The Labute approximate surface area is 84.4 Å². The smallest absolute Gasteiger partial charge is 0.166 e. The van der Waals surface area contributed by atoms with E-state index >= 15 is 0 Å². The first kappa shape index (κ1) is 10.5. The van der Waals surface area contributed by atoms with Crippen LogP contribution in [0.5, 0.6) is 0 Å². The number of anilines is 1. The molecular formula is C12H15NO. The van der Waals surface area contributed by atoms with Gasteiger partial charge in [0.05, 0.1) is 0 Å². The average Bonchev–Trinajstić information content (AvgIpc) is 2.17. The van der Waals surface area contributed by atoms with E-state index in [1.807, 2.05) is 6.92 Å². The summed E-state index contributed by atoms with van der Waals surface area (Å²) in [5, 5.41) is 0. The molecule has 0 aliphatic heterocycles. The highest BCUT2D eigenvalue weighted by atomic mass is 16.1. The molecule has 0 saturated carbocycles. The molecule has 1 aromatic rings. The molecule has 0 heterocycles. The second-order valence-corrected chi connectivity index (χ2v) is 3.33. The molecule has 0 aliphatic carbocycles. The largest absolute Gasteiger partial charge is 0.399 e. The molecule has 0 spiro atoms. The van der Waals surface area contributed by atoms with Crippen LogP contribution in [0.3, 0.4) is 0 Å². The highest BCUT2D eigenvalue weighted by Crippen LogP contribution is 2.12. The van der Waals surface area contributed by atoms with Crippen LogP contribution in [0.15, 0.2) is 36.4 Å². The van der Waals surface area contributed by atoms with Crippen LogP contribution in [-0.4, -0.2) is 5.78 Å². The van der Waals surface area contributed by atoms with Crippen LogP contribution < -0.4 is 5.73 Å². The van der Waals surface area contributed by atoms with Gasteiger partial charge in [-0.15, -0.1) is 0 Å². The van der Waals surface area contributed by atoms with Gasteiger partial charge in [0.15, 0.2) is 5.78 Å². The molecular weight excluding hydrogens is 174 g/mol. The van der Waals surface area contributed by atoms with Gasteiger partial charge in [-0.3, -0.25) is 4.79 Å². The highest BCUT2D eigenvalue weighted by molar-refractivity contribution is 5.98. The summed E-state index contributed by atoms with van der Waals surface area (Å²) in [6.45, 7) is 5.80. The molecule has 0 aromatic heterocycles. The van der Waals surface area contributed by atoms with Crippen molar-refractivity contribution in [1.29, 1.82) is 0 Å². The number of Topliss-reactive ketones (excluding diaryl/α,β-unsaturated/α-hetero) is 1. The van der Waals surface area contributed by atoms with Crippen molar-refractivity contribution in [3.8, 4) is 0 Å². The maximum absolute atomic E-state index is 11.6. The lowest BCUT2D eigenvalue weighted by atomic mass is 10.0. The zero-order valence-electron chi connectivity index (χ0n) is 8.42. The van der Waals surface area contributed by atoms with Gasteiger partial charge in [-0.25, -0.2) is 0 Å². The van der Waals surface area contributed by atoms with Crippen LogP contribution in [0.1, 0.15) is 30.1 Å². The van der Waals surface area contributed by atoms with Crippen molar-refractivity contribution < 1.29 is 4.79 Å². The first-order valence-corrected chi connectivity index (χ1v) is 4.69. The van der Waals surface area contributed by atoms with Crippen molar-refractivity contribution in [2.75, 3.05) is 5.73 Å². The average molecular weight is 189 g/mol. The van der Waals surface area contributed by atoms with Crippen LogP contribution in [0.4, 0.5) is 5.69 Å². The second kappa shape index (κ2) is 4.61. The predicted molar refractivity (Wildman–Crippen MR) is 59.2 cm³/mol. The van der Waals surface area contributed by atoms with E-state index in [0.717, 1.165) is 12.0 Å². The quantitative estimate of drug-likeness (QED) is 0.449. The number of benzene rings is 1. The third-order valence-electron chi connectivity index (χ3n) is 2.12. The Morgan fingerprint density at radius 2 is 2.21 bits per heavy atom. The number of nitrogen functional groups attached to an aromatic ring is 1. The lowest BCUT2D eigenvalue weighted by Gasteiger charge is -2.02. The van der Waals surface area contributed by atoms with E-state index in [0.29, 0.717) is 17.7 Å². The monoisotopic (exact) mass is 189 g/mol. The van der Waals surface area contributed by atoms with Crippen LogP contribution in [0.2, 0.25) is 0 Å². The molecule has 0 fully saturated rings. The molecule has 0 radical (unpaired) electrons. The van der Waals surface area contributed by atoms with Crippen LogP contribution in [-0.2, 0) is 0 Å². The Morgan fingerprint density at radius 1 is 1.50 bits per heavy atom. The van der Waals surface area contributed by atoms with Crippen molar-refractivity contribution >= 4 is 11.5 Å². The predicted octanol–water partition coefficient (Wildman–Crippen LogP) is 2.81. The van der Waals surface area contributed by atoms with Crippen LogP contribution >= 0.6 is 0 Å². The minimum absolute atomic E-state index is 0.0872. The van der Waals surface area contributed by atoms with Crippen LogP contribution in [0.25, 0.3) is 0 Å². The second-order valence-electron chi connectivity index (χ2n) is 3.33.